The monoisotopic (exact) mass is 204 g/mol. The Morgan fingerprint density at radius 3 is 1.38 bits per heavy atom. The Balaban J connectivity index is 0. The number of aliphatic carboxylic acids is 2. The van der Waals surface area contributed by atoms with Gasteiger partial charge >= 0.3 is 19.5 Å². The predicted octanol–water partition coefficient (Wildman–Crippen LogP) is -3.13. The summed E-state index contributed by atoms with van der Waals surface area (Å²) in [5.41, 5.74) is 0. The largest absolute Gasteiger partial charge is 2.00 e. The molecule has 0 aliphatic heterocycles. The van der Waals surface area contributed by atoms with Crippen molar-refractivity contribution in [3.63, 3.8) is 0 Å². The molecule has 0 heterocycles. The van der Waals surface area contributed by atoms with E-state index >= 15 is 0 Å². The van der Waals surface area contributed by atoms with Gasteiger partial charge in [0.05, 0.1) is 0 Å². The molecule has 0 bridgehead atoms. The fourth-order valence-corrected chi connectivity index (χ4v) is 0.118. The number of rotatable bonds is 2. The number of hydrogen-bond donors (Lipinski definition) is 0. The van der Waals surface area contributed by atoms with Gasteiger partial charge in [0.15, 0.2) is 0 Å². The first-order chi connectivity index (χ1) is 3.13. The van der Waals surface area contributed by atoms with Crippen LogP contribution < -0.4 is 10.2 Å². The molecule has 0 fully saturated rings. The maximum absolute atomic E-state index is 9.28. The Morgan fingerprint density at radius 2 is 1.38 bits per heavy atom. The Labute approximate surface area is 58.3 Å². The van der Waals surface area contributed by atoms with E-state index in [0.29, 0.717) is 0 Å². The van der Waals surface area contributed by atoms with Crippen LogP contribution in [-0.4, -0.2) is 11.9 Å². The average molecular weight is 203 g/mol. The van der Waals surface area contributed by atoms with Gasteiger partial charge in [0.2, 0.25) is 0 Å². The predicted molar refractivity (Wildman–Crippen MR) is 14.6 cm³/mol. The Kier molecular flexibility index (Phi) is 6.21. The molecule has 0 rings (SSSR count). The Bertz CT molecular complexity index is 87.5. The van der Waals surface area contributed by atoms with Crippen molar-refractivity contribution in [2.24, 2.45) is 0 Å². The molecule has 0 N–H and O–H groups in total. The van der Waals surface area contributed by atoms with Gasteiger partial charge in [0, 0.05) is 18.4 Å². The minimum absolute atomic E-state index is 0. The van der Waals surface area contributed by atoms with Crippen molar-refractivity contribution in [3.8, 4) is 0 Å². The van der Waals surface area contributed by atoms with Gasteiger partial charge in [0.25, 0.3) is 0 Å². The van der Waals surface area contributed by atoms with Crippen LogP contribution in [-0.2, 0) is 29.1 Å². The molecule has 0 amide bonds. The van der Waals surface area contributed by atoms with Crippen LogP contribution in [0.5, 0.6) is 0 Å². The molecule has 0 aromatic carbocycles. The van der Waals surface area contributed by atoms with Crippen LogP contribution in [0.2, 0.25) is 0 Å². The number of carboxylic acids is 2. The molecule has 4 nitrogen and oxygen atoms in total. The first-order valence-electron chi connectivity index (χ1n) is 1.52. The van der Waals surface area contributed by atoms with Crippen molar-refractivity contribution >= 4 is 11.9 Å². The standard InChI is InChI=1S/C3H4O4.Ru/c4-2(5)1-3(6)7;/h1H2,(H,4,5)(H,6,7);/q;+2/p-2. The van der Waals surface area contributed by atoms with Crippen molar-refractivity contribution in [1.82, 2.24) is 0 Å². The summed E-state index contributed by atoms with van der Waals surface area (Å²) >= 11 is 0. The van der Waals surface area contributed by atoms with Gasteiger partial charge in [-0.3, -0.25) is 0 Å². The second-order valence-corrected chi connectivity index (χ2v) is 0.921. The van der Waals surface area contributed by atoms with E-state index < -0.39 is 18.4 Å². The molecule has 0 unspecified atom stereocenters. The summed E-state index contributed by atoms with van der Waals surface area (Å²) in [6.07, 6.45) is -1.03. The zero-order valence-electron chi connectivity index (χ0n) is 3.69. The molecule has 0 aliphatic rings. The molecule has 0 aromatic rings. The molecule has 8 heavy (non-hydrogen) atoms. The van der Waals surface area contributed by atoms with Gasteiger partial charge in [-0.25, -0.2) is 0 Å². The van der Waals surface area contributed by atoms with Crippen LogP contribution >= 0.6 is 0 Å². The van der Waals surface area contributed by atoms with Gasteiger partial charge in [-0.15, -0.1) is 0 Å². The van der Waals surface area contributed by atoms with Crippen molar-refractivity contribution in [2.75, 3.05) is 0 Å². The van der Waals surface area contributed by atoms with Crippen LogP contribution in [0.25, 0.3) is 0 Å². The van der Waals surface area contributed by atoms with Crippen LogP contribution in [0.4, 0.5) is 0 Å². The number of carbonyl (C=O) groups is 2. The van der Waals surface area contributed by atoms with Crippen LogP contribution in [0.1, 0.15) is 6.42 Å². The van der Waals surface area contributed by atoms with E-state index in [1.165, 1.54) is 0 Å². The zero-order valence-corrected chi connectivity index (χ0v) is 5.43. The van der Waals surface area contributed by atoms with Crippen LogP contribution in [0.15, 0.2) is 0 Å². The average Bonchev–Trinajstić information content (AvgIpc) is 1.27. The van der Waals surface area contributed by atoms with Gasteiger partial charge in [-0.05, 0) is 0 Å². The van der Waals surface area contributed by atoms with Gasteiger partial charge in [0.1, 0.15) is 0 Å². The van der Waals surface area contributed by atoms with E-state index in [2.05, 4.69) is 0 Å². The summed E-state index contributed by atoms with van der Waals surface area (Å²) in [5.74, 6) is -3.25. The molecule has 5 heteroatoms. The van der Waals surface area contributed by atoms with Crippen molar-refractivity contribution in [3.05, 3.63) is 0 Å². The van der Waals surface area contributed by atoms with Gasteiger partial charge in [-0.1, -0.05) is 0 Å². The topological polar surface area (TPSA) is 80.3 Å². The third-order valence-corrected chi connectivity index (χ3v) is 0.289. The molecule has 0 radical (unpaired) electrons. The molecule has 0 aromatic heterocycles. The van der Waals surface area contributed by atoms with Crippen LogP contribution in [0, 0.1) is 0 Å². The first-order valence-corrected chi connectivity index (χ1v) is 1.52. The van der Waals surface area contributed by atoms with E-state index in [1.807, 2.05) is 0 Å². The summed E-state index contributed by atoms with van der Waals surface area (Å²) in [6, 6.07) is 0. The Hall–Kier alpha value is -0.437. The third kappa shape index (κ3) is 9.12. The third-order valence-electron chi connectivity index (χ3n) is 0.289. The molecular formula is C3H2O4Ru. The molecule has 0 spiro atoms. The Morgan fingerprint density at radius 1 is 1.12 bits per heavy atom. The second-order valence-electron chi connectivity index (χ2n) is 0.921. The fraction of sp³-hybridized carbons (Fsp3) is 0.333. The van der Waals surface area contributed by atoms with Crippen molar-refractivity contribution < 1.29 is 39.3 Å². The van der Waals surface area contributed by atoms with Crippen LogP contribution in [0.3, 0.4) is 0 Å². The van der Waals surface area contributed by atoms with E-state index in [4.69, 9.17) is 0 Å². The second kappa shape index (κ2) is 4.72. The molecule has 0 aliphatic carbocycles. The van der Waals surface area contributed by atoms with Gasteiger partial charge in [-0.2, -0.15) is 0 Å². The molecule has 0 saturated heterocycles. The quantitative estimate of drug-likeness (QED) is 0.351. The molecule has 0 saturated carbocycles. The zero-order chi connectivity index (χ0) is 5.86. The van der Waals surface area contributed by atoms with E-state index in [-0.39, 0.29) is 19.5 Å². The summed E-state index contributed by atoms with van der Waals surface area (Å²) < 4.78 is 0. The summed E-state index contributed by atoms with van der Waals surface area (Å²) in [6.45, 7) is 0. The molecular weight excluding hydrogens is 201 g/mol. The molecule has 46 valence electrons. The van der Waals surface area contributed by atoms with Crippen molar-refractivity contribution in [2.45, 2.75) is 6.42 Å². The van der Waals surface area contributed by atoms with E-state index in [0.717, 1.165) is 0 Å². The minimum Gasteiger partial charge on any atom is -0.550 e. The summed E-state index contributed by atoms with van der Waals surface area (Å²) in [5, 5.41) is 18.6. The fourth-order valence-electron chi connectivity index (χ4n) is 0.118. The van der Waals surface area contributed by atoms with Gasteiger partial charge < -0.3 is 19.8 Å². The van der Waals surface area contributed by atoms with E-state index in [1.54, 1.807) is 0 Å². The number of carboxylic acid groups (broad SMARTS) is 2. The maximum atomic E-state index is 9.28. The number of carbonyl (C=O) groups excluding carboxylic acids is 2. The normalized spacial score (nSPS) is 7.00. The minimum atomic E-state index is -1.63. The number of hydrogen-bond acceptors (Lipinski definition) is 4. The van der Waals surface area contributed by atoms with E-state index in [9.17, 15) is 19.8 Å². The summed E-state index contributed by atoms with van der Waals surface area (Å²) in [7, 11) is 0. The summed E-state index contributed by atoms with van der Waals surface area (Å²) in [4.78, 5) is 18.6. The smallest absolute Gasteiger partial charge is 0.550 e. The molecule has 0 atom stereocenters. The maximum Gasteiger partial charge on any atom is 2.00 e. The van der Waals surface area contributed by atoms with Crippen molar-refractivity contribution in [1.29, 1.82) is 0 Å². The SMILES string of the molecule is O=C([O-])CC(=O)[O-].[Ru+2]. The first kappa shape index (κ1) is 10.5.